The van der Waals surface area contributed by atoms with Crippen molar-refractivity contribution in [3.8, 4) is 0 Å². The second-order valence-corrected chi connectivity index (χ2v) is 7.19. The molecule has 1 aromatic heterocycles. The molecule has 148 valence electrons. The Morgan fingerprint density at radius 3 is 2.71 bits per heavy atom. The van der Waals surface area contributed by atoms with Crippen LogP contribution >= 0.6 is 0 Å². The Balaban J connectivity index is 1.80. The molecule has 6 heteroatoms. The lowest BCUT2D eigenvalue weighted by molar-refractivity contribution is 0.0961. The summed E-state index contributed by atoms with van der Waals surface area (Å²) in [6, 6.07) is 10.9. The number of aromatic nitrogens is 1. The average Bonchev–Trinajstić information content (AvgIpc) is 3.23. The van der Waals surface area contributed by atoms with E-state index in [1.165, 1.54) is 17.7 Å². The molecule has 1 atom stereocenters. The first-order valence-electron chi connectivity index (χ1n) is 9.70. The van der Waals surface area contributed by atoms with Crippen molar-refractivity contribution in [3.05, 3.63) is 69.6 Å². The van der Waals surface area contributed by atoms with Gasteiger partial charge in [0.2, 0.25) is 0 Å². The third-order valence-corrected chi connectivity index (χ3v) is 5.12. The number of carbonyl (C=O) groups is 2. The van der Waals surface area contributed by atoms with Crippen LogP contribution in [0.25, 0.3) is 0 Å². The molecule has 1 N–H and O–H groups in total. The molecule has 2 aromatic rings. The Morgan fingerprint density at radius 2 is 2.04 bits per heavy atom. The summed E-state index contributed by atoms with van der Waals surface area (Å²) in [6.07, 6.45) is 4.75. The van der Waals surface area contributed by atoms with Gasteiger partial charge in [0.05, 0.1) is 6.54 Å². The summed E-state index contributed by atoms with van der Waals surface area (Å²) in [5.74, 6) is -0.00305. The summed E-state index contributed by atoms with van der Waals surface area (Å²) in [6.45, 7) is 1.89. The molecule has 0 spiro atoms. The van der Waals surface area contributed by atoms with E-state index in [1.54, 1.807) is 6.20 Å². The maximum Gasteiger partial charge on any atom is 0.263 e. The summed E-state index contributed by atoms with van der Waals surface area (Å²) in [5, 5.41) is 2.48. The van der Waals surface area contributed by atoms with E-state index in [9.17, 15) is 14.4 Å². The van der Waals surface area contributed by atoms with Crippen LogP contribution in [0.15, 0.2) is 47.4 Å². The lowest BCUT2D eigenvalue weighted by Gasteiger charge is -2.12. The van der Waals surface area contributed by atoms with E-state index < -0.39 is 11.5 Å². The van der Waals surface area contributed by atoms with Crippen LogP contribution in [0.5, 0.6) is 0 Å². The van der Waals surface area contributed by atoms with Crippen molar-refractivity contribution in [3.63, 3.8) is 0 Å². The van der Waals surface area contributed by atoms with Crippen molar-refractivity contribution < 1.29 is 14.3 Å². The molecule has 0 saturated carbocycles. The number of carbonyl (C=O) groups excluding carboxylic acids is 2. The van der Waals surface area contributed by atoms with E-state index in [0.717, 1.165) is 38.0 Å². The van der Waals surface area contributed by atoms with Crippen molar-refractivity contribution in [2.24, 2.45) is 5.92 Å². The van der Waals surface area contributed by atoms with E-state index in [1.807, 2.05) is 30.3 Å². The zero-order valence-corrected chi connectivity index (χ0v) is 16.1. The molecule has 1 unspecified atom stereocenters. The average molecular weight is 382 g/mol. The fourth-order valence-electron chi connectivity index (χ4n) is 3.49. The van der Waals surface area contributed by atoms with Crippen LogP contribution in [0.4, 0.5) is 0 Å². The standard InChI is InChI=1S/C22H26N2O4/c1-23-21(26)19-12-18(20(25)9-5-8-17-10-11-28-15-17)14-24(22(19)27)13-16-6-3-2-4-7-16/h2-4,6-7,12,14,17H,5,8-11,13,15H2,1H3,(H,23,26). The highest BCUT2D eigenvalue weighted by molar-refractivity contribution is 6.00. The van der Waals surface area contributed by atoms with Gasteiger partial charge in [-0.15, -0.1) is 0 Å². The molecule has 1 saturated heterocycles. The van der Waals surface area contributed by atoms with E-state index in [-0.39, 0.29) is 11.3 Å². The third-order valence-electron chi connectivity index (χ3n) is 5.12. The number of pyridine rings is 1. The molecule has 1 fully saturated rings. The van der Waals surface area contributed by atoms with E-state index >= 15 is 0 Å². The molecule has 1 amide bonds. The highest BCUT2D eigenvalue weighted by atomic mass is 16.5. The van der Waals surface area contributed by atoms with Gasteiger partial charge in [-0.05, 0) is 36.8 Å². The minimum Gasteiger partial charge on any atom is -0.381 e. The summed E-state index contributed by atoms with van der Waals surface area (Å²) in [4.78, 5) is 37.6. The van der Waals surface area contributed by atoms with Gasteiger partial charge < -0.3 is 14.6 Å². The number of hydrogen-bond acceptors (Lipinski definition) is 4. The first kappa shape index (κ1) is 20.0. The zero-order chi connectivity index (χ0) is 19.9. The van der Waals surface area contributed by atoms with Crippen molar-refractivity contribution in [1.29, 1.82) is 0 Å². The van der Waals surface area contributed by atoms with Gasteiger partial charge in [-0.1, -0.05) is 30.3 Å². The van der Waals surface area contributed by atoms with Crippen LogP contribution < -0.4 is 10.9 Å². The predicted octanol–water partition coefficient (Wildman–Crippen LogP) is 2.65. The smallest absolute Gasteiger partial charge is 0.263 e. The molecule has 0 aliphatic carbocycles. The number of Topliss-reactive ketones (excluding diaryl/α,β-unsaturated/α-hetero) is 1. The van der Waals surface area contributed by atoms with Gasteiger partial charge in [-0.2, -0.15) is 0 Å². The van der Waals surface area contributed by atoms with E-state index in [2.05, 4.69) is 5.32 Å². The number of nitrogens with zero attached hydrogens (tertiary/aromatic N) is 1. The monoisotopic (exact) mass is 382 g/mol. The minimum atomic E-state index is -0.482. The maximum atomic E-state index is 12.7. The lowest BCUT2D eigenvalue weighted by atomic mass is 9.98. The van der Waals surface area contributed by atoms with Crippen LogP contribution in [0.1, 0.15) is 52.0 Å². The molecular formula is C22H26N2O4. The predicted molar refractivity (Wildman–Crippen MR) is 107 cm³/mol. The van der Waals surface area contributed by atoms with Gasteiger partial charge in [0, 0.05) is 38.4 Å². The highest BCUT2D eigenvalue weighted by Crippen LogP contribution is 2.20. The topological polar surface area (TPSA) is 77.4 Å². The van der Waals surface area contributed by atoms with Gasteiger partial charge in [-0.3, -0.25) is 14.4 Å². The summed E-state index contributed by atoms with van der Waals surface area (Å²) < 4.78 is 6.81. The number of benzene rings is 1. The van der Waals surface area contributed by atoms with Crippen LogP contribution in [0.3, 0.4) is 0 Å². The number of amides is 1. The molecule has 1 aliphatic heterocycles. The Kier molecular flexibility index (Phi) is 6.76. The van der Waals surface area contributed by atoms with Gasteiger partial charge in [0.15, 0.2) is 5.78 Å². The Hall–Kier alpha value is -2.73. The Morgan fingerprint density at radius 1 is 1.25 bits per heavy atom. The number of ketones is 1. The van der Waals surface area contributed by atoms with Crippen LogP contribution in [-0.2, 0) is 11.3 Å². The number of ether oxygens (including phenoxy) is 1. The van der Waals surface area contributed by atoms with Gasteiger partial charge in [0.25, 0.3) is 11.5 Å². The van der Waals surface area contributed by atoms with Gasteiger partial charge in [-0.25, -0.2) is 0 Å². The van der Waals surface area contributed by atoms with Crippen LogP contribution in [0, 0.1) is 5.92 Å². The molecule has 28 heavy (non-hydrogen) atoms. The van der Waals surface area contributed by atoms with Crippen molar-refractivity contribution >= 4 is 11.7 Å². The normalized spacial score (nSPS) is 16.1. The summed E-state index contributed by atoms with van der Waals surface area (Å²) >= 11 is 0. The molecule has 1 aromatic carbocycles. The second kappa shape index (κ2) is 9.46. The van der Waals surface area contributed by atoms with Crippen LogP contribution in [-0.4, -0.2) is 36.5 Å². The molecule has 1 aliphatic rings. The van der Waals surface area contributed by atoms with E-state index in [0.29, 0.717) is 24.4 Å². The van der Waals surface area contributed by atoms with Gasteiger partial charge >= 0.3 is 0 Å². The van der Waals surface area contributed by atoms with Crippen molar-refractivity contribution in [2.45, 2.75) is 32.2 Å². The van der Waals surface area contributed by atoms with Gasteiger partial charge in [0.1, 0.15) is 5.56 Å². The van der Waals surface area contributed by atoms with Crippen molar-refractivity contribution in [1.82, 2.24) is 9.88 Å². The number of hydrogen-bond donors (Lipinski definition) is 1. The van der Waals surface area contributed by atoms with Crippen LogP contribution in [0.2, 0.25) is 0 Å². The molecule has 0 radical (unpaired) electrons. The molecule has 2 heterocycles. The minimum absolute atomic E-state index is 0.00604. The zero-order valence-electron chi connectivity index (χ0n) is 16.1. The van der Waals surface area contributed by atoms with E-state index in [4.69, 9.17) is 4.74 Å². The molecule has 3 rings (SSSR count). The Labute approximate surface area is 164 Å². The first-order chi connectivity index (χ1) is 13.6. The summed E-state index contributed by atoms with van der Waals surface area (Å²) in [7, 11) is 1.47. The molecule has 6 nitrogen and oxygen atoms in total. The third kappa shape index (κ3) is 4.95. The Bertz CT molecular complexity index is 883. The fraction of sp³-hybridized carbons (Fsp3) is 0.409. The number of nitrogens with one attached hydrogen (secondary N) is 1. The lowest BCUT2D eigenvalue weighted by Crippen LogP contribution is -2.32. The molecular weight excluding hydrogens is 356 g/mol. The molecule has 0 bridgehead atoms. The summed E-state index contributed by atoms with van der Waals surface area (Å²) in [5.41, 5.74) is 0.923. The largest absolute Gasteiger partial charge is 0.381 e. The quantitative estimate of drug-likeness (QED) is 0.712. The second-order valence-electron chi connectivity index (χ2n) is 7.19. The first-order valence-corrected chi connectivity index (χ1v) is 9.70. The SMILES string of the molecule is CNC(=O)c1cc(C(=O)CCCC2CCOC2)cn(Cc2ccccc2)c1=O. The maximum absolute atomic E-state index is 12.7. The highest BCUT2D eigenvalue weighted by Gasteiger charge is 2.19. The van der Waals surface area contributed by atoms with Crippen molar-refractivity contribution in [2.75, 3.05) is 20.3 Å². The number of rotatable bonds is 8. The fourth-order valence-corrected chi connectivity index (χ4v) is 3.49.